The lowest BCUT2D eigenvalue weighted by atomic mass is 10.1. The first-order chi connectivity index (χ1) is 18.9. The number of aromatic nitrogens is 3. The van der Waals surface area contributed by atoms with E-state index in [1.54, 1.807) is 19.2 Å². The van der Waals surface area contributed by atoms with Crippen LogP contribution in [0.4, 0.5) is 11.5 Å². The molecule has 9 nitrogen and oxygen atoms in total. The number of hydrogen-bond donors (Lipinski definition) is 3. The quantitative estimate of drug-likeness (QED) is 0.243. The summed E-state index contributed by atoms with van der Waals surface area (Å²) < 4.78 is 1.42. The molecule has 0 aliphatic carbocycles. The van der Waals surface area contributed by atoms with Crippen molar-refractivity contribution in [1.82, 2.24) is 24.9 Å². The van der Waals surface area contributed by atoms with Crippen LogP contribution in [-0.2, 0) is 30.7 Å². The molecule has 0 saturated heterocycles. The predicted molar refractivity (Wildman–Crippen MR) is 154 cm³/mol. The third kappa shape index (κ3) is 7.99. The minimum absolute atomic E-state index is 0.137. The van der Waals surface area contributed by atoms with Crippen molar-refractivity contribution in [2.45, 2.75) is 39.8 Å². The van der Waals surface area contributed by atoms with E-state index in [0.717, 1.165) is 18.5 Å². The Labute approximate surface area is 228 Å². The third-order valence-electron chi connectivity index (χ3n) is 6.45. The lowest BCUT2D eigenvalue weighted by Gasteiger charge is -2.24. The van der Waals surface area contributed by atoms with Gasteiger partial charge in [0.25, 0.3) is 5.56 Å². The minimum atomic E-state index is -0.359. The smallest absolute Gasteiger partial charge is 0.295 e. The molecule has 0 unspecified atom stereocenters. The molecule has 0 saturated carbocycles. The zero-order valence-corrected chi connectivity index (χ0v) is 22.4. The number of nitrogen functional groups attached to an aromatic ring is 1. The van der Waals surface area contributed by atoms with Gasteiger partial charge in [0, 0.05) is 30.7 Å². The van der Waals surface area contributed by atoms with E-state index >= 15 is 0 Å². The van der Waals surface area contributed by atoms with E-state index in [0.29, 0.717) is 30.2 Å². The summed E-state index contributed by atoms with van der Waals surface area (Å²) in [6, 6.07) is 24.0. The van der Waals surface area contributed by atoms with E-state index in [4.69, 9.17) is 5.73 Å². The van der Waals surface area contributed by atoms with E-state index in [-0.39, 0.29) is 30.4 Å². The summed E-state index contributed by atoms with van der Waals surface area (Å²) in [4.78, 5) is 34.9. The van der Waals surface area contributed by atoms with Crippen LogP contribution in [0.5, 0.6) is 0 Å². The number of amides is 1. The first-order valence-corrected chi connectivity index (χ1v) is 13.0. The second-order valence-corrected chi connectivity index (χ2v) is 9.47. The Morgan fingerprint density at radius 3 is 2.15 bits per heavy atom. The van der Waals surface area contributed by atoms with Crippen LogP contribution in [0.25, 0.3) is 0 Å². The predicted octanol–water partition coefficient (Wildman–Crippen LogP) is 3.27. The van der Waals surface area contributed by atoms with Gasteiger partial charge in [0.05, 0.1) is 17.9 Å². The highest BCUT2D eigenvalue weighted by Gasteiger charge is 2.15. The Bertz CT molecular complexity index is 1400. The second kappa shape index (κ2) is 13.3. The van der Waals surface area contributed by atoms with Crippen molar-refractivity contribution in [3.63, 3.8) is 0 Å². The van der Waals surface area contributed by atoms with Gasteiger partial charge >= 0.3 is 0 Å². The third-order valence-corrected chi connectivity index (χ3v) is 6.45. The van der Waals surface area contributed by atoms with Gasteiger partial charge in [0.1, 0.15) is 6.54 Å². The van der Waals surface area contributed by atoms with Crippen LogP contribution < -0.4 is 22.0 Å². The number of rotatable bonds is 12. The number of carbonyl (C=O) groups excluding carboxylic acids is 1. The average molecular weight is 526 g/mol. The Balaban J connectivity index is 1.45. The molecule has 0 spiro atoms. The number of nitrogens with zero attached hydrogens (tertiary/aromatic N) is 4. The first-order valence-electron chi connectivity index (χ1n) is 13.0. The van der Waals surface area contributed by atoms with Gasteiger partial charge in [-0.2, -0.15) is 0 Å². The molecule has 2 aromatic carbocycles. The molecular formula is C30H35N7O2. The summed E-state index contributed by atoms with van der Waals surface area (Å²) in [5.74, 6) is -0.135. The molecule has 1 amide bonds. The summed E-state index contributed by atoms with van der Waals surface area (Å²) >= 11 is 0. The highest BCUT2D eigenvalue weighted by molar-refractivity contribution is 5.76. The normalized spacial score (nSPS) is 10.9. The lowest BCUT2D eigenvalue weighted by molar-refractivity contribution is -0.121. The number of carbonyl (C=O) groups is 1. The van der Waals surface area contributed by atoms with Crippen molar-refractivity contribution in [1.29, 1.82) is 0 Å². The fourth-order valence-corrected chi connectivity index (χ4v) is 4.18. The van der Waals surface area contributed by atoms with Crippen LogP contribution in [-0.4, -0.2) is 38.5 Å². The fraction of sp³-hybridized carbons (Fsp3) is 0.267. The maximum Gasteiger partial charge on any atom is 0.295 e. The monoisotopic (exact) mass is 525 g/mol. The van der Waals surface area contributed by atoms with E-state index in [1.807, 2.05) is 54.4 Å². The van der Waals surface area contributed by atoms with Gasteiger partial charge in [-0.1, -0.05) is 60.7 Å². The van der Waals surface area contributed by atoms with E-state index in [9.17, 15) is 9.59 Å². The molecule has 0 fully saturated rings. The molecule has 39 heavy (non-hydrogen) atoms. The van der Waals surface area contributed by atoms with Crippen molar-refractivity contribution in [3.8, 4) is 0 Å². The molecule has 0 atom stereocenters. The molecule has 0 aliphatic heterocycles. The summed E-state index contributed by atoms with van der Waals surface area (Å²) in [6.45, 7) is 5.02. The number of nitrogens with one attached hydrogen (secondary N) is 2. The molecule has 2 heterocycles. The summed E-state index contributed by atoms with van der Waals surface area (Å²) in [5.41, 5.74) is 13.8. The zero-order chi connectivity index (χ0) is 27.6. The van der Waals surface area contributed by atoms with Gasteiger partial charge in [0.15, 0.2) is 0 Å². The maximum atomic E-state index is 13.4. The highest BCUT2D eigenvalue weighted by atomic mass is 16.2. The SMILES string of the molecule is Cc1ccc(N)c(CNC(=O)Cn2c(C)cnc(NN(CCc3ccccc3)CCc3ccccc3)c2=O)n1. The number of hydrazine groups is 1. The molecule has 202 valence electrons. The standard InChI is InChI=1S/C30H35N7O2/c1-22-13-14-26(31)27(34-22)20-32-28(38)21-37-23(2)19-33-29(30(37)39)35-36(17-15-24-9-5-3-6-10-24)18-16-25-11-7-4-8-12-25/h3-14,19H,15-18,20-21,31H2,1-2H3,(H,32,38)(H,33,35). The summed E-state index contributed by atoms with van der Waals surface area (Å²) in [5, 5.41) is 4.82. The van der Waals surface area contributed by atoms with E-state index in [2.05, 4.69) is 45.0 Å². The van der Waals surface area contributed by atoms with Crippen LogP contribution in [0.15, 0.2) is 83.8 Å². The molecule has 4 aromatic rings. The summed E-state index contributed by atoms with van der Waals surface area (Å²) in [7, 11) is 0. The van der Waals surface area contributed by atoms with Crippen LogP contribution in [0.1, 0.15) is 28.2 Å². The second-order valence-electron chi connectivity index (χ2n) is 9.47. The Hall–Kier alpha value is -4.50. The summed E-state index contributed by atoms with van der Waals surface area (Å²) in [6.07, 6.45) is 3.21. The van der Waals surface area contributed by atoms with Crippen molar-refractivity contribution >= 4 is 17.4 Å². The average Bonchev–Trinajstić information content (AvgIpc) is 2.95. The Kier molecular flexibility index (Phi) is 9.42. The van der Waals surface area contributed by atoms with Crippen molar-refractivity contribution in [2.24, 2.45) is 0 Å². The van der Waals surface area contributed by atoms with Crippen LogP contribution in [0.3, 0.4) is 0 Å². The first kappa shape index (κ1) is 27.5. The molecule has 2 aromatic heterocycles. The van der Waals surface area contributed by atoms with Gasteiger partial charge in [-0.3, -0.25) is 24.6 Å². The van der Waals surface area contributed by atoms with Gasteiger partial charge < -0.3 is 11.1 Å². The Morgan fingerprint density at radius 1 is 0.923 bits per heavy atom. The molecule has 4 N–H and O–H groups in total. The van der Waals surface area contributed by atoms with Crippen molar-refractivity contribution < 1.29 is 4.79 Å². The molecule has 0 aliphatic rings. The van der Waals surface area contributed by atoms with Gasteiger partial charge in [0.2, 0.25) is 11.7 Å². The molecule has 4 rings (SSSR count). The largest absolute Gasteiger partial charge is 0.397 e. The van der Waals surface area contributed by atoms with Gasteiger partial charge in [-0.15, -0.1) is 0 Å². The van der Waals surface area contributed by atoms with Crippen molar-refractivity contribution in [3.05, 3.63) is 118 Å². The lowest BCUT2D eigenvalue weighted by Crippen LogP contribution is -2.39. The topological polar surface area (TPSA) is 118 Å². The van der Waals surface area contributed by atoms with Crippen LogP contribution >= 0.6 is 0 Å². The number of nitrogens with two attached hydrogens (primary N) is 1. The van der Waals surface area contributed by atoms with Crippen LogP contribution in [0, 0.1) is 13.8 Å². The van der Waals surface area contributed by atoms with Crippen molar-refractivity contribution in [2.75, 3.05) is 24.2 Å². The molecule has 9 heteroatoms. The number of pyridine rings is 1. The molecule has 0 bridgehead atoms. The number of benzene rings is 2. The molecular weight excluding hydrogens is 490 g/mol. The number of aryl methyl sites for hydroxylation is 2. The highest BCUT2D eigenvalue weighted by Crippen LogP contribution is 2.10. The Morgan fingerprint density at radius 2 is 1.54 bits per heavy atom. The fourth-order valence-electron chi connectivity index (χ4n) is 4.18. The molecule has 0 radical (unpaired) electrons. The maximum absolute atomic E-state index is 13.4. The van der Waals surface area contributed by atoms with Gasteiger partial charge in [-0.05, 0) is 49.9 Å². The van der Waals surface area contributed by atoms with E-state index < -0.39 is 0 Å². The van der Waals surface area contributed by atoms with E-state index in [1.165, 1.54) is 15.7 Å². The number of anilines is 2. The number of hydrogen-bond acceptors (Lipinski definition) is 7. The zero-order valence-electron chi connectivity index (χ0n) is 22.4. The van der Waals surface area contributed by atoms with Crippen LogP contribution in [0.2, 0.25) is 0 Å². The minimum Gasteiger partial charge on any atom is -0.397 e. The van der Waals surface area contributed by atoms with Gasteiger partial charge in [-0.25, -0.2) is 9.99 Å².